The summed E-state index contributed by atoms with van der Waals surface area (Å²) in [5.41, 5.74) is 2.46. The maximum atomic E-state index is 12.7. The molecule has 1 amide bonds. The molecule has 1 aromatic heterocycles. The first-order valence-electron chi connectivity index (χ1n) is 7.39. The van der Waals surface area contributed by atoms with Crippen molar-refractivity contribution in [2.75, 3.05) is 14.2 Å². The van der Waals surface area contributed by atoms with E-state index in [0.717, 1.165) is 23.3 Å². The van der Waals surface area contributed by atoms with E-state index in [2.05, 4.69) is 12.0 Å². The molecule has 2 rings (SSSR count). The summed E-state index contributed by atoms with van der Waals surface area (Å²) in [6, 6.07) is 7.83. The molecule has 0 aliphatic rings. The Morgan fingerprint density at radius 2 is 2.18 bits per heavy atom. The number of rotatable bonds is 5. The van der Waals surface area contributed by atoms with E-state index in [1.54, 1.807) is 16.7 Å². The Hall–Kier alpha value is -2.30. The smallest absolute Gasteiger partial charge is 0.274 e. The molecule has 0 spiro atoms. The van der Waals surface area contributed by atoms with Gasteiger partial charge in [0.25, 0.3) is 5.91 Å². The lowest BCUT2D eigenvalue weighted by atomic mass is 10.0. The second-order valence-corrected chi connectivity index (χ2v) is 5.45. The van der Waals surface area contributed by atoms with Crippen molar-refractivity contribution in [1.82, 2.24) is 14.7 Å². The van der Waals surface area contributed by atoms with E-state index in [1.165, 1.54) is 0 Å². The quantitative estimate of drug-likeness (QED) is 0.853. The van der Waals surface area contributed by atoms with Gasteiger partial charge in [0.1, 0.15) is 5.75 Å². The van der Waals surface area contributed by atoms with Gasteiger partial charge in [-0.15, -0.1) is 0 Å². The average molecular weight is 301 g/mol. The molecule has 0 aliphatic carbocycles. The zero-order valence-corrected chi connectivity index (χ0v) is 13.8. The van der Waals surface area contributed by atoms with Crippen molar-refractivity contribution in [3.8, 4) is 5.75 Å². The molecule has 5 heteroatoms. The highest BCUT2D eigenvalue weighted by Gasteiger charge is 2.24. The predicted molar refractivity (Wildman–Crippen MR) is 86.1 cm³/mol. The number of hydrogen-bond acceptors (Lipinski definition) is 3. The first-order chi connectivity index (χ1) is 10.5. The monoisotopic (exact) mass is 301 g/mol. The largest absolute Gasteiger partial charge is 0.497 e. The molecular formula is C17H23N3O2. The first kappa shape index (κ1) is 16.1. The number of aryl methyl sites for hydroxylation is 2. The van der Waals surface area contributed by atoms with E-state index in [-0.39, 0.29) is 11.9 Å². The van der Waals surface area contributed by atoms with Gasteiger partial charge in [-0.05, 0) is 31.0 Å². The third-order valence-corrected chi connectivity index (χ3v) is 3.87. The Morgan fingerprint density at radius 1 is 1.45 bits per heavy atom. The van der Waals surface area contributed by atoms with Crippen molar-refractivity contribution in [2.45, 2.75) is 26.3 Å². The Kier molecular flexibility index (Phi) is 4.85. The molecule has 0 saturated heterocycles. The fourth-order valence-electron chi connectivity index (χ4n) is 2.71. The van der Waals surface area contributed by atoms with Crippen LogP contribution in [0.1, 0.15) is 41.0 Å². The molecule has 2 aromatic rings. The summed E-state index contributed by atoms with van der Waals surface area (Å²) in [7, 11) is 5.29. The van der Waals surface area contributed by atoms with Crippen molar-refractivity contribution < 1.29 is 9.53 Å². The fraction of sp³-hybridized carbons (Fsp3) is 0.412. The number of nitrogens with zero attached hydrogens (tertiary/aromatic N) is 3. The summed E-state index contributed by atoms with van der Waals surface area (Å²) < 4.78 is 6.95. The molecule has 1 heterocycles. The van der Waals surface area contributed by atoms with E-state index in [0.29, 0.717) is 5.69 Å². The number of hydrogen-bond donors (Lipinski definition) is 0. The van der Waals surface area contributed by atoms with E-state index >= 15 is 0 Å². The van der Waals surface area contributed by atoms with Gasteiger partial charge in [-0.2, -0.15) is 5.10 Å². The van der Waals surface area contributed by atoms with Crippen LogP contribution in [-0.4, -0.2) is 34.7 Å². The second-order valence-electron chi connectivity index (χ2n) is 5.45. The van der Waals surface area contributed by atoms with Crippen LogP contribution in [0.5, 0.6) is 5.75 Å². The van der Waals surface area contributed by atoms with Crippen LogP contribution < -0.4 is 4.74 Å². The Labute approximate surface area is 131 Å². The molecular weight excluding hydrogens is 278 g/mol. The lowest BCUT2D eigenvalue weighted by Crippen LogP contribution is -2.31. The van der Waals surface area contributed by atoms with Crippen LogP contribution >= 0.6 is 0 Å². The summed E-state index contributed by atoms with van der Waals surface area (Å²) in [6.07, 6.45) is 2.68. The Morgan fingerprint density at radius 3 is 2.73 bits per heavy atom. The van der Waals surface area contributed by atoms with Crippen LogP contribution in [0.4, 0.5) is 0 Å². The van der Waals surface area contributed by atoms with E-state index in [1.807, 2.05) is 51.5 Å². The molecule has 0 N–H and O–H groups in total. The van der Waals surface area contributed by atoms with Crippen molar-refractivity contribution in [2.24, 2.45) is 7.05 Å². The van der Waals surface area contributed by atoms with Crippen LogP contribution in [0, 0.1) is 6.92 Å². The first-order valence-corrected chi connectivity index (χ1v) is 7.39. The van der Waals surface area contributed by atoms with E-state index in [4.69, 9.17) is 4.74 Å². The zero-order chi connectivity index (χ0) is 16.3. The van der Waals surface area contributed by atoms with Crippen LogP contribution in [0.3, 0.4) is 0 Å². The van der Waals surface area contributed by atoms with Gasteiger partial charge in [0.2, 0.25) is 0 Å². The Balaban J connectivity index is 2.30. The van der Waals surface area contributed by atoms with Gasteiger partial charge in [0.05, 0.1) is 13.2 Å². The molecule has 0 bridgehead atoms. The summed E-state index contributed by atoms with van der Waals surface area (Å²) in [5, 5.41) is 4.28. The standard InChI is InChI=1S/C17H23N3O2/c1-6-15(13-8-7-9-14(10-13)22-5)20(4)17(21)16-12(2)11-19(3)18-16/h7-11,15H,6H2,1-5H3. The molecule has 0 aliphatic heterocycles. The third kappa shape index (κ3) is 3.13. The lowest BCUT2D eigenvalue weighted by Gasteiger charge is -2.27. The predicted octanol–water partition coefficient (Wildman–Crippen LogP) is 2.96. The molecule has 1 unspecified atom stereocenters. The third-order valence-electron chi connectivity index (χ3n) is 3.87. The van der Waals surface area contributed by atoms with Crippen molar-refractivity contribution in [3.63, 3.8) is 0 Å². The molecule has 22 heavy (non-hydrogen) atoms. The fourth-order valence-corrected chi connectivity index (χ4v) is 2.71. The highest BCUT2D eigenvalue weighted by atomic mass is 16.5. The van der Waals surface area contributed by atoms with E-state index < -0.39 is 0 Å². The van der Waals surface area contributed by atoms with Gasteiger partial charge in [0, 0.05) is 25.9 Å². The average Bonchev–Trinajstić information content (AvgIpc) is 2.86. The van der Waals surface area contributed by atoms with E-state index in [9.17, 15) is 4.79 Å². The Bertz CT molecular complexity index is 664. The minimum Gasteiger partial charge on any atom is -0.497 e. The highest BCUT2D eigenvalue weighted by molar-refractivity contribution is 5.93. The normalized spacial score (nSPS) is 12.0. The molecule has 1 atom stereocenters. The number of carbonyl (C=O) groups excluding carboxylic acids is 1. The molecule has 1 aromatic carbocycles. The number of benzene rings is 1. The van der Waals surface area contributed by atoms with Gasteiger partial charge >= 0.3 is 0 Å². The molecule has 0 saturated carbocycles. The summed E-state index contributed by atoms with van der Waals surface area (Å²) >= 11 is 0. The number of carbonyl (C=O) groups is 1. The van der Waals surface area contributed by atoms with Gasteiger partial charge in [-0.3, -0.25) is 9.48 Å². The zero-order valence-electron chi connectivity index (χ0n) is 13.8. The van der Waals surface area contributed by atoms with Crippen LogP contribution in [0.15, 0.2) is 30.5 Å². The lowest BCUT2D eigenvalue weighted by molar-refractivity contribution is 0.0718. The maximum absolute atomic E-state index is 12.7. The summed E-state index contributed by atoms with van der Waals surface area (Å²) in [6.45, 7) is 3.97. The van der Waals surface area contributed by atoms with Crippen molar-refractivity contribution in [1.29, 1.82) is 0 Å². The molecule has 0 fully saturated rings. The number of ether oxygens (including phenoxy) is 1. The summed E-state index contributed by atoms with van der Waals surface area (Å²) in [5.74, 6) is 0.735. The van der Waals surface area contributed by atoms with Crippen LogP contribution in [-0.2, 0) is 7.05 Å². The van der Waals surface area contributed by atoms with Crippen LogP contribution in [0.2, 0.25) is 0 Å². The van der Waals surface area contributed by atoms with Crippen molar-refractivity contribution >= 4 is 5.91 Å². The maximum Gasteiger partial charge on any atom is 0.274 e. The van der Waals surface area contributed by atoms with Crippen LogP contribution in [0.25, 0.3) is 0 Å². The number of aromatic nitrogens is 2. The second kappa shape index (κ2) is 6.64. The van der Waals surface area contributed by atoms with Gasteiger partial charge in [-0.1, -0.05) is 19.1 Å². The SMILES string of the molecule is CCC(c1cccc(OC)c1)N(C)C(=O)c1nn(C)cc1C. The molecule has 0 radical (unpaired) electrons. The van der Waals surface area contributed by atoms with Gasteiger partial charge in [-0.25, -0.2) is 0 Å². The molecule has 5 nitrogen and oxygen atoms in total. The minimum absolute atomic E-state index is 0.0102. The summed E-state index contributed by atoms with van der Waals surface area (Å²) in [4.78, 5) is 14.5. The van der Waals surface area contributed by atoms with Crippen molar-refractivity contribution in [3.05, 3.63) is 47.3 Å². The minimum atomic E-state index is -0.0623. The topological polar surface area (TPSA) is 47.4 Å². The van der Waals surface area contributed by atoms with Gasteiger partial charge < -0.3 is 9.64 Å². The highest BCUT2D eigenvalue weighted by Crippen LogP contribution is 2.27. The number of methoxy groups -OCH3 is 1. The number of amides is 1. The molecule has 118 valence electrons. The van der Waals surface area contributed by atoms with Gasteiger partial charge in [0.15, 0.2) is 5.69 Å².